The molecule has 0 saturated carbocycles. The highest BCUT2D eigenvalue weighted by Crippen LogP contribution is 2.22. The molecule has 0 saturated heterocycles. The maximum atomic E-state index is 13.5. The van der Waals surface area contributed by atoms with Gasteiger partial charge in [0.05, 0.1) is 11.9 Å². The Morgan fingerprint density at radius 1 is 1.06 bits per heavy atom. The average molecular weight is 522 g/mol. The summed E-state index contributed by atoms with van der Waals surface area (Å²) < 4.78 is 26.2. The van der Waals surface area contributed by atoms with E-state index in [1.165, 1.54) is 24.0 Å². The number of amides is 2. The zero-order valence-electron chi connectivity index (χ0n) is 20.8. The van der Waals surface area contributed by atoms with Crippen LogP contribution in [0.15, 0.2) is 48.5 Å². The molecule has 1 unspecified atom stereocenters. The van der Waals surface area contributed by atoms with Crippen molar-refractivity contribution in [3.8, 4) is 0 Å². The van der Waals surface area contributed by atoms with Crippen molar-refractivity contribution < 1.29 is 22.8 Å². The summed E-state index contributed by atoms with van der Waals surface area (Å²) in [6.07, 6.45) is 0.981. The highest BCUT2D eigenvalue weighted by molar-refractivity contribution is 7.92. The molecule has 0 aliphatic heterocycles. The Bertz CT molecular complexity index is 1210. The molecule has 0 aromatic heterocycles. The van der Waals surface area contributed by atoms with Crippen molar-refractivity contribution in [2.24, 2.45) is 0 Å². The van der Waals surface area contributed by atoms with Crippen LogP contribution in [0.4, 0.5) is 5.69 Å². The highest BCUT2D eigenvalue weighted by Gasteiger charge is 2.31. The van der Waals surface area contributed by atoms with Gasteiger partial charge >= 0.3 is 0 Å². The number of anilines is 1. The van der Waals surface area contributed by atoms with E-state index < -0.39 is 34.1 Å². The summed E-state index contributed by atoms with van der Waals surface area (Å²) in [6.45, 7) is 7.87. The van der Waals surface area contributed by atoms with E-state index >= 15 is 0 Å². The number of nitrogens with one attached hydrogen (secondary N) is 1. The molecule has 0 heterocycles. The first-order valence-electron chi connectivity index (χ1n) is 11.0. The Morgan fingerprint density at radius 2 is 1.69 bits per heavy atom. The van der Waals surface area contributed by atoms with Crippen LogP contribution in [-0.2, 0) is 26.2 Å². The van der Waals surface area contributed by atoms with Gasteiger partial charge in [-0.2, -0.15) is 0 Å². The summed E-state index contributed by atoms with van der Waals surface area (Å²) in [5.41, 5.74) is 0.575. The lowest BCUT2D eigenvalue weighted by atomic mass is 10.1. The fourth-order valence-corrected chi connectivity index (χ4v) is 4.40. The van der Waals surface area contributed by atoms with E-state index in [9.17, 15) is 22.8 Å². The molecular formula is C25H32ClN3O5S. The standard InChI is InChI=1S/C25H32ClN3O5S/c1-17(24(32)27-25(3,4)5)28(15-20-10-7-8-13-22(20)26)23(31)16-29(35(6,33)34)21-12-9-11-19(14-21)18(2)30/h7-14,17H,15-16H2,1-6H3,(H,27,32). The Balaban J connectivity index is 2.46. The van der Waals surface area contributed by atoms with E-state index in [1.54, 1.807) is 43.3 Å². The Labute approximate surface area is 212 Å². The summed E-state index contributed by atoms with van der Waals surface area (Å²) >= 11 is 6.31. The van der Waals surface area contributed by atoms with Crippen LogP contribution >= 0.6 is 11.6 Å². The van der Waals surface area contributed by atoms with E-state index in [1.807, 2.05) is 20.8 Å². The maximum Gasteiger partial charge on any atom is 0.244 e. The fourth-order valence-electron chi connectivity index (χ4n) is 3.36. The lowest BCUT2D eigenvalue weighted by Gasteiger charge is -2.33. The van der Waals surface area contributed by atoms with Gasteiger partial charge in [-0.25, -0.2) is 8.42 Å². The number of hydrogen-bond acceptors (Lipinski definition) is 5. The SMILES string of the molecule is CC(=O)c1cccc(N(CC(=O)N(Cc2ccccc2Cl)C(C)C(=O)NC(C)(C)C)S(C)(=O)=O)c1. The van der Waals surface area contributed by atoms with Crippen molar-refractivity contribution in [2.45, 2.75) is 52.7 Å². The van der Waals surface area contributed by atoms with Gasteiger partial charge in [-0.05, 0) is 58.4 Å². The van der Waals surface area contributed by atoms with Crippen molar-refractivity contribution in [1.82, 2.24) is 10.2 Å². The summed E-state index contributed by atoms with van der Waals surface area (Å²) in [4.78, 5) is 39.6. The van der Waals surface area contributed by atoms with Gasteiger partial charge in [-0.3, -0.25) is 18.7 Å². The van der Waals surface area contributed by atoms with Gasteiger partial charge < -0.3 is 10.2 Å². The molecule has 1 N–H and O–H groups in total. The summed E-state index contributed by atoms with van der Waals surface area (Å²) in [7, 11) is -3.90. The van der Waals surface area contributed by atoms with Gasteiger partial charge in [0.25, 0.3) is 0 Å². The molecule has 0 aliphatic carbocycles. The Morgan fingerprint density at radius 3 is 2.23 bits per heavy atom. The molecule has 2 rings (SSSR count). The maximum absolute atomic E-state index is 13.5. The molecule has 0 aliphatic rings. The zero-order chi connectivity index (χ0) is 26.6. The third kappa shape index (κ3) is 8.07. The van der Waals surface area contributed by atoms with Gasteiger partial charge in [0, 0.05) is 22.7 Å². The Hall–Kier alpha value is -2.91. The number of nitrogens with zero attached hydrogens (tertiary/aromatic N) is 2. The molecule has 10 heteroatoms. The third-order valence-corrected chi connectivity index (χ3v) is 6.69. The quantitative estimate of drug-likeness (QED) is 0.507. The molecule has 2 aromatic rings. The smallest absolute Gasteiger partial charge is 0.244 e. The highest BCUT2D eigenvalue weighted by atomic mass is 35.5. The molecule has 0 bridgehead atoms. The van der Waals surface area contributed by atoms with Crippen molar-refractivity contribution in [1.29, 1.82) is 0 Å². The van der Waals surface area contributed by atoms with Gasteiger partial charge in [-0.15, -0.1) is 0 Å². The van der Waals surface area contributed by atoms with E-state index in [0.29, 0.717) is 16.1 Å². The first-order chi connectivity index (χ1) is 16.1. The van der Waals surface area contributed by atoms with Crippen molar-refractivity contribution in [3.63, 3.8) is 0 Å². The largest absolute Gasteiger partial charge is 0.350 e. The predicted molar refractivity (Wildman–Crippen MR) is 138 cm³/mol. The van der Waals surface area contributed by atoms with Crippen molar-refractivity contribution >= 4 is 44.9 Å². The molecular weight excluding hydrogens is 490 g/mol. The zero-order valence-corrected chi connectivity index (χ0v) is 22.4. The van der Waals surface area contributed by atoms with Crippen LogP contribution in [0, 0.1) is 0 Å². The van der Waals surface area contributed by atoms with E-state index in [2.05, 4.69) is 5.32 Å². The molecule has 2 amide bonds. The average Bonchev–Trinajstić information content (AvgIpc) is 2.74. The van der Waals surface area contributed by atoms with Gasteiger partial charge in [0.1, 0.15) is 12.6 Å². The Kier molecular flexibility index (Phi) is 9.08. The van der Waals surface area contributed by atoms with E-state index in [-0.39, 0.29) is 23.9 Å². The molecule has 2 aromatic carbocycles. The normalized spacial score (nSPS) is 12.5. The molecule has 35 heavy (non-hydrogen) atoms. The molecule has 0 spiro atoms. The molecule has 1 atom stereocenters. The summed E-state index contributed by atoms with van der Waals surface area (Å²) in [5.74, 6) is -1.22. The number of hydrogen-bond donors (Lipinski definition) is 1. The van der Waals surface area contributed by atoms with E-state index in [0.717, 1.165) is 10.6 Å². The lowest BCUT2D eigenvalue weighted by molar-refractivity contribution is -0.140. The fraction of sp³-hybridized carbons (Fsp3) is 0.400. The van der Waals surface area contributed by atoms with E-state index in [4.69, 9.17) is 11.6 Å². The molecule has 190 valence electrons. The van der Waals surface area contributed by atoms with Crippen LogP contribution in [0.2, 0.25) is 5.02 Å². The number of carbonyl (C=O) groups excluding carboxylic acids is 3. The number of rotatable bonds is 9. The predicted octanol–water partition coefficient (Wildman–Crippen LogP) is 3.64. The monoisotopic (exact) mass is 521 g/mol. The molecule has 0 radical (unpaired) electrons. The van der Waals surface area contributed by atoms with Crippen LogP contribution in [0.25, 0.3) is 0 Å². The van der Waals surface area contributed by atoms with Gasteiger partial charge in [0.2, 0.25) is 21.8 Å². The first-order valence-corrected chi connectivity index (χ1v) is 13.3. The van der Waals surface area contributed by atoms with Crippen LogP contribution < -0.4 is 9.62 Å². The number of Topliss-reactive ketones (excluding diaryl/α,β-unsaturated/α-hetero) is 1. The number of carbonyl (C=O) groups is 3. The minimum atomic E-state index is -3.90. The third-order valence-electron chi connectivity index (χ3n) is 5.18. The second-order valence-corrected chi connectivity index (χ2v) is 11.7. The van der Waals surface area contributed by atoms with Crippen LogP contribution in [0.1, 0.15) is 50.5 Å². The van der Waals surface area contributed by atoms with Crippen LogP contribution in [0.5, 0.6) is 0 Å². The van der Waals surface area contributed by atoms with Crippen molar-refractivity contribution in [2.75, 3.05) is 17.1 Å². The number of sulfonamides is 1. The number of ketones is 1. The number of benzene rings is 2. The van der Waals surface area contributed by atoms with Gasteiger partial charge in [-0.1, -0.05) is 41.9 Å². The van der Waals surface area contributed by atoms with Crippen LogP contribution in [0.3, 0.4) is 0 Å². The molecule has 0 fully saturated rings. The minimum absolute atomic E-state index is 0.00231. The first kappa shape index (κ1) is 28.3. The number of halogens is 1. The van der Waals surface area contributed by atoms with Crippen molar-refractivity contribution in [3.05, 3.63) is 64.7 Å². The van der Waals surface area contributed by atoms with Crippen LogP contribution in [-0.4, -0.2) is 55.3 Å². The second kappa shape index (κ2) is 11.2. The topological polar surface area (TPSA) is 104 Å². The second-order valence-electron chi connectivity index (χ2n) is 9.40. The summed E-state index contributed by atoms with van der Waals surface area (Å²) in [5, 5.41) is 3.27. The summed E-state index contributed by atoms with van der Waals surface area (Å²) in [6, 6.07) is 12.1. The van der Waals surface area contributed by atoms with Gasteiger partial charge in [0.15, 0.2) is 5.78 Å². The molecule has 8 nitrogen and oxygen atoms in total. The lowest BCUT2D eigenvalue weighted by Crippen LogP contribution is -2.54. The minimum Gasteiger partial charge on any atom is -0.350 e.